The van der Waals surface area contributed by atoms with Crippen molar-refractivity contribution in [1.29, 1.82) is 0 Å². The lowest BCUT2D eigenvalue weighted by atomic mass is 10.2. The second-order valence-corrected chi connectivity index (χ2v) is 6.98. The summed E-state index contributed by atoms with van der Waals surface area (Å²) < 4.78 is 7.45. The highest BCUT2D eigenvalue weighted by Gasteiger charge is 2.21. The van der Waals surface area contributed by atoms with Crippen molar-refractivity contribution in [3.8, 4) is 0 Å². The van der Waals surface area contributed by atoms with E-state index >= 15 is 0 Å². The fourth-order valence-electron chi connectivity index (χ4n) is 3.77. The van der Waals surface area contributed by atoms with Crippen LogP contribution in [0.3, 0.4) is 0 Å². The van der Waals surface area contributed by atoms with Crippen molar-refractivity contribution >= 4 is 11.7 Å². The van der Waals surface area contributed by atoms with Gasteiger partial charge in [0.1, 0.15) is 5.82 Å². The van der Waals surface area contributed by atoms with Gasteiger partial charge < -0.3 is 19.9 Å². The minimum Gasteiger partial charge on any atom is -0.378 e. The fraction of sp³-hybridized carbons (Fsp3) is 0.778. The molecular formula is C18H31N5O2. The second kappa shape index (κ2) is 8.67. The van der Waals surface area contributed by atoms with Gasteiger partial charge in [-0.15, -0.1) is 0 Å². The third kappa shape index (κ3) is 4.52. The summed E-state index contributed by atoms with van der Waals surface area (Å²) in [6.45, 7) is 8.75. The number of hydrogen-bond donors (Lipinski definition) is 1. The summed E-state index contributed by atoms with van der Waals surface area (Å²) in [4.78, 5) is 16.4. The molecule has 0 bridgehead atoms. The standard InChI is InChI=1S/C18H31N5O2/c1-15-16(18(21(2)20-15)23-10-12-25-13-11-23)14-19-7-9-22-8-5-3-4-6-17(22)24/h19H,3-14H2,1-2H3. The maximum Gasteiger partial charge on any atom is 0.222 e. The van der Waals surface area contributed by atoms with E-state index in [1.54, 1.807) is 0 Å². The Kier molecular flexibility index (Phi) is 6.31. The van der Waals surface area contributed by atoms with Crippen molar-refractivity contribution in [1.82, 2.24) is 20.0 Å². The van der Waals surface area contributed by atoms with Gasteiger partial charge in [-0.25, -0.2) is 0 Å². The Morgan fingerprint density at radius 1 is 1.16 bits per heavy atom. The monoisotopic (exact) mass is 349 g/mol. The number of anilines is 1. The number of hydrogen-bond acceptors (Lipinski definition) is 5. The van der Waals surface area contributed by atoms with E-state index in [2.05, 4.69) is 22.2 Å². The van der Waals surface area contributed by atoms with Crippen LogP contribution < -0.4 is 10.2 Å². The largest absolute Gasteiger partial charge is 0.378 e. The molecule has 7 heteroatoms. The van der Waals surface area contributed by atoms with Crippen molar-refractivity contribution in [2.45, 2.75) is 39.2 Å². The van der Waals surface area contributed by atoms with Crippen molar-refractivity contribution in [3.63, 3.8) is 0 Å². The zero-order valence-electron chi connectivity index (χ0n) is 15.6. The van der Waals surface area contributed by atoms with Crippen LogP contribution in [-0.2, 0) is 23.1 Å². The summed E-state index contributed by atoms with van der Waals surface area (Å²) in [7, 11) is 2.01. The highest BCUT2D eigenvalue weighted by molar-refractivity contribution is 5.76. The number of nitrogens with one attached hydrogen (secondary N) is 1. The molecule has 1 N–H and O–H groups in total. The molecule has 2 aliphatic heterocycles. The normalized spacial score (nSPS) is 19.4. The van der Waals surface area contributed by atoms with E-state index in [0.29, 0.717) is 12.3 Å². The minimum absolute atomic E-state index is 0.311. The van der Waals surface area contributed by atoms with Gasteiger partial charge in [-0.1, -0.05) is 6.42 Å². The number of aryl methyl sites for hydroxylation is 2. The Morgan fingerprint density at radius 2 is 1.96 bits per heavy atom. The fourth-order valence-corrected chi connectivity index (χ4v) is 3.77. The van der Waals surface area contributed by atoms with E-state index in [4.69, 9.17) is 4.74 Å². The van der Waals surface area contributed by atoms with Crippen LogP contribution in [0.15, 0.2) is 0 Å². The first-order chi connectivity index (χ1) is 12.2. The Hall–Kier alpha value is -1.60. The SMILES string of the molecule is Cc1nn(C)c(N2CCOCC2)c1CNCCN1CCCCCC1=O. The Labute approximate surface area is 150 Å². The number of nitrogens with zero attached hydrogens (tertiary/aromatic N) is 4. The Balaban J connectivity index is 1.55. The van der Waals surface area contributed by atoms with Crippen molar-refractivity contribution in [2.75, 3.05) is 50.8 Å². The lowest BCUT2D eigenvalue weighted by Gasteiger charge is -2.29. The molecule has 1 aromatic heterocycles. The van der Waals surface area contributed by atoms with Crippen LogP contribution in [0.4, 0.5) is 5.82 Å². The summed E-state index contributed by atoms with van der Waals surface area (Å²) in [5.41, 5.74) is 2.33. The summed E-state index contributed by atoms with van der Waals surface area (Å²) in [5, 5.41) is 8.13. The number of carbonyl (C=O) groups is 1. The van der Waals surface area contributed by atoms with E-state index in [-0.39, 0.29) is 0 Å². The third-order valence-corrected chi connectivity index (χ3v) is 5.16. The zero-order valence-corrected chi connectivity index (χ0v) is 15.6. The Morgan fingerprint density at radius 3 is 2.76 bits per heavy atom. The van der Waals surface area contributed by atoms with Crippen LogP contribution in [0.1, 0.15) is 36.9 Å². The van der Waals surface area contributed by atoms with E-state index in [9.17, 15) is 4.79 Å². The quantitative estimate of drug-likeness (QED) is 0.778. The molecule has 2 saturated heterocycles. The molecule has 0 atom stereocenters. The minimum atomic E-state index is 0.311. The molecule has 1 aromatic rings. The first-order valence-corrected chi connectivity index (χ1v) is 9.50. The molecule has 140 valence electrons. The average Bonchev–Trinajstić information content (AvgIpc) is 2.76. The number of aromatic nitrogens is 2. The molecule has 0 aliphatic carbocycles. The summed E-state index contributed by atoms with van der Waals surface area (Å²) in [5.74, 6) is 1.50. The van der Waals surface area contributed by atoms with Crippen LogP contribution in [0.5, 0.6) is 0 Å². The number of likely N-dealkylation sites (tertiary alicyclic amines) is 1. The topological polar surface area (TPSA) is 62.6 Å². The molecule has 1 amide bonds. The van der Waals surface area contributed by atoms with Crippen LogP contribution in [0.25, 0.3) is 0 Å². The summed E-state index contributed by atoms with van der Waals surface area (Å²) in [6, 6.07) is 0. The molecule has 0 saturated carbocycles. The highest BCUT2D eigenvalue weighted by atomic mass is 16.5. The highest BCUT2D eigenvalue weighted by Crippen LogP contribution is 2.24. The lowest BCUT2D eigenvalue weighted by molar-refractivity contribution is -0.130. The predicted molar refractivity (Wildman–Crippen MR) is 97.7 cm³/mol. The molecule has 25 heavy (non-hydrogen) atoms. The molecule has 3 heterocycles. The zero-order chi connectivity index (χ0) is 17.6. The second-order valence-electron chi connectivity index (χ2n) is 6.98. The van der Waals surface area contributed by atoms with Crippen LogP contribution in [-0.4, -0.2) is 66.5 Å². The van der Waals surface area contributed by atoms with E-state index in [0.717, 1.165) is 71.0 Å². The van der Waals surface area contributed by atoms with Crippen molar-refractivity contribution in [2.24, 2.45) is 7.05 Å². The van der Waals surface area contributed by atoms with Gasteiger partial charge >= 0.3 is 0 Å². The molecular weight excluding hydrogens is 318 g/mol. The number of amides is 1. The molecule has 3 rings (SSSR count). The van der Waals surface area contributed by atoms with Crippen LogP contribution >= 0.6 is 0 Å². The summed E-state index contributed by atoms with van der Waals surface area (Å²) >= 11 is 0. The van der Waals surface area contributed by atoms with Gasteiger partial charge in [-0.05, 0) is 19.8 Å². The van der Waals surface area contributed by atoms with E-state index in [1.165, 1.54) is 17.8 Å². The van der Waals surface area contributed by atoms with Gasteiger partial charge in [-0.3, -0.25) is 9.48 Å². The average molecular weight is 349 g/mol. The smallest absolute Gasteiger partial charge is 0.222 e. The Bertz CT molecular complexity index is 580. The number of rotatable bonds is 6. The van der Waals surface area contributed by atoms with Gasteiger partial charge in [0, 0.05) is 58.3 Å². The number of ether oxygens (including phenoxy) is 1. The number of morpholine rings is 1. The van der Waals surface area contributed by atoms with Gasteiger partial charge in [0.15, 0.2) is 0 Å². The third-order valence-electron chi connectivity index (χ3n) is 5.16. The van der Waals surface area contributed by atoms with Gasteiger partial charge in [-0.2, -0.15) is 5.10 Å². The van der Waals surface area contributed by atoms with Crippen molar-refractivity contribution < 1.29 is 9.53 Å². The number of carbonyl (C=O) groups excluding carboxylic acids is 1. The molecule has 7 nitrogen and oxygen atoms in total. The van der Waals surface area contributed by atoms with Crippen LogP contribution in [0.2, 0.25) is 0 Å². The summed E-state index contributed by atoms with van der Waals surface area (Å²) in [6.07, 6.45) is 4.06. The maximum atomic E-state index is 12.1. The lowest BCUT2D eigenvalue weighted by Crippen LogP contribution is -2.38. The molecule has 0 spiro atoms. The van der Waals surface area contributed by atoms with E-state index < -0.39 is 0 Å². The molecule has 0 radical (unpaired) electrons. The molecule has 2 aliphatic rings. The first kappa shape index (κ1) is 18.2. The van der Waals surface area contributed by atoms with Crippen molar-refractivity contribution in [3.05, 3.63) is 11.3 Å². The molecule has 0 unspecified atom stereocenters. The van der Waals surface area contributed by atoms with Gasteiger partial charge in [0.2, 0.25) is 5.91 Å². The molecule has 0 aromatic carbocycles. The first-order valence-electron chi connectivity index (χ1n) is 9.50. The van der Waals surface area contributed by atoms with Gasteiger partial charge in [0.25, 0.3) is 0 Å². The van der Waals surface area contributed by atoms with Crippen LogP contribution in [0, 0.1) is 6.92 Å². The maximum absolute atomic E-state index is 12.1. The molecule has 2 fully saturated rings. The predicted octanol–water partition coefficient (Wildman–Crippen LogP) is 1.06. The van der Waals surface area contributed by atoms with Gasteiger partial charge in [0.05, 0.1) is 18.9 Å². The van der Waals surface area contributed by atoms with E-state index in [1.807, 2.05) is 16.6 Å².